The van der Waals surface area contributed by atoms with E-state index in [9.17, 15) is 18.0 Å². The lowest BCUT2D eigenvalue weighted by Crippen LogP contribution is -2.46. The van der Waals surface area contributed by atoms with E-state index in [2.05, 4.69) is 9.34 Å². The van der Waals surface area contributed by atoms with Crippen LogP contribution in [0.2, 0.25) is 0 Å². The molecule has 32 heavy (non-hydrogen) atoms. The van der Waals surface area contributed by atoms with E-state index in [1.54, 1.807) is 4.90 Å². The molecule has 1 aliphatic rings. The Bertz CT molecular complexity index is 1330. The quantitative estimate of drug-likeness (QED) is 0.382. The maximum atomic E-state index is 15.5. The van der Waals surface area contributed by atoms with Crippen molar-refractivity contribution in [2.24, 2.45) is 0 Å². The van der Waals surface area contributed by atoms with Crippen LogP contribution in [0.25, 0.3) is 16.8 Å². The lowest BCUT2D eigenvalue weighted by Gasteiger charge is -2.37. The van der Waals surface area contributed by atoms with Crippen LogP contribution in [-0.2, 0) is 24.8 Å². The predicted octanol–water partition coefficient (Wildman–Crippen LogP) is 2.08. The van der Waals surface area contributed by atoms with Gasteiger partial charge in [-0.1, -0.05) is 16.5 Å². The number of anilines is 1. The Hall–Kier alpha value is -2.61. The van der Waals surface area contributed by atoms with Crippen molar-refractivity contribution in [3.63, 3.8) is 0 Å². The Morgan fingerprint density at radius 1 is 1.34 bits per heavy atom. The Morgan fingerprint density at radius 2 is 2.03 bits per heavy atom. The van der Waals surface area contributed by atoms with Crippen LogP contribution in [0, 0.1) is 5.82 Å². The summed E-state index contributed by atoms with van der Waals surface area (Å²) in [6.45, 7) is 4.49. The molecule has 0 unspecified atom stereocenters. The number of halogens is 1. The molecule has 0 amide bonds. The molecule has 0 spiro atoms. The zero-order chi connectivity index (χ0) is 23.2. The molecule has 172 valence electrons. The molecule has 10 nitrogen and oxygen atoms in total. The SMILES string of the molecule is COS(=O)(=O)Cc1cn(-c2noc3c(F)c(N4C[C@@H](C)O[C@H](C)C4)c(C=O)cc23)c(=O)s1. The van der Waals surface area contributed by atoms with Crippen LogP contribution >= 0.6 is 11.3 Å². The van der Waals surface area contributed by atoms with E-state index in [1.165, 1.54) is 12.3 Å². The fourth-order valence-electron chi connectivity index (χ4n) is 3.81. The number of morpholine rings is 1. The summed E-state index contributed by atoms with van der Waals surface area (Å²) in [6, 6.07) is 1.41. The van der Waals surface area contributed by atoms with Gasteiger partial charge in [-0.15, -0.1) is 0 Å². The molecule has 1 aromatic carbocycles. The zero-order valence-corrected chi connectivity index (χ0v) is 19.0. The minimum Gasteiger partial charge on any atom is -0.372 e. The van der Waals surface area contributed by atoms with Crippen molar-refractivity contribution in [2.45, 2.75) is 31.8 Å². The first-order valence-corrected chi connectivity index (χ1v) is 12.0. The number of rotatable bonds is 6. The molecule has 2 aromatic heterocycles. The number of carbonyl (C=O) groups is 1. The monoisotopic (exact) mass is 485 g/mol. The van der Waals surface area contributed by atoms with Crippen molar-refractivity contribution in [1.29, 1.82) is 0 Å². The third kappa shape index (κ3) is 4.08. The molecule has 1 saturated heterocycles. The van der Waals surface area contributed by atoms with Gasteiger partial charge < -0.3 is 14.2 Å². The average Bonchev–Trinajstić information content (AvgIpc) is 3.29. The molecule has 0 bridgehead atoms. The topological polar surface area (TPSA) is 121 Å². The number of aldehydes is 1. The number of fused-ring (bicyclic) bond motifs is 1. The lowest BCUT2D eigenvalue weighted by molar-refractivity contribution is -0.00543. The van der Waals surface area contributed by atoms with Gasteiger partial charge in [0.05, 0.1) is 30.4 Å². The number of nitrogens with zero attached hydrogens (tertiary/aromatic N) is 3. The van der Waals surface area contributed by atoms with Crippen molar-refractivity contribution >= 4 is 44.4 Å². The molecule has 3 aromatic rings. The maximum absolute atomic E-state index is 15.5. The fourth-order valence-corrected chi connectivity index (χ4v) is 5.64. The number of ether oxygens (including phenoxy) is 1. The van der Waals surface area contributed by atoms with Crippen molar-refractivity contribution in [2.75, 3.05) is 25.1 Å². The molecule has 4 rings (SSSR count). The molecule has 2 atom stereocenters. The van der Waals surface area contributed by atoms with Gasteiger partial charge in [-0.05, 0) is 19.9 Å². The highest BCUT2D eigenvalue weighted by Crippen LogP contribution is 2.35. The number of thiazole rings is 1. The van der Waals surface area contributed by atoms with Gasteiger partial charge in [0.1, 0.15) is 5.75 Å². The van der Waals surface area contributed by atoms with Gasteiger partial charge in [-0.25, -0.2) is 4.39 Å². The van der Waals surface area contributed by atoms with Crippen molar-refractivity contribution in [3.05, 3.63) is 38.2 Å². The summed E-state index contributed by atoms with van der Waals surface area (Å²) in [5, 5.41) is 3.94. The van der Waals surface area contributed by atoms with Gasteiger partial charge in [0, 0.05) is 29.7 Å². The molecule has 13 heteroatoms. The van der Waals surface area contributed by atoms with Gasteiger partial charge in [0.25, 0.3) is 10.1 Å². The molecule has 0 saturated carbocycles. The number of hydrogen-bond donors (Lipinski definition) is 0. The van der Waals surface area contributed by atoms with Crippen molar-refractivity contribution in [1.82, 2.24) is 9.72 Å². The van der Waals surface area contributed by atoms with Crippen LogP contribution in [0.5, 0.6) is 0 Å². The average molecular weight is 486 g/mol. The second-order valence-electron chi connectivity index (χ2n) is 7.49. The lowest BCUT2D eigenvalue weighted by atomic mass is 10.1. The van der Waals surface area contributed by atoms with Crippen molar-refractivity contribution < 1.29 is 31.0 Å². The predicted molar refractivity (Wildman–Crippen MR) is 115 cm³/mol. The summed E-state index contributed by atoms with van der Waals surface area (Å²) in [5.74, 6) is -1.31. The zero-order valence-electron chi connectivity index (χ0n) is 17.4. The van der Waals surface area contributed by atoms with Crippen molar-refractivity contribution in [3.8, 4) is 5.82 Å². The third-order valence-corrected chi connectivity index (χ3v) is 7.28. The Balaban J connectivity index is 1.82. The molecule has 1 fully saturated rings. The number of benzene rings is 1. The van der Waals surface area contributed by atoms with Crippen LogP contribution in [-0.4, -0.2) is 56.8 Å². The molecule has 0 N–H and O–H groups in total. The van der Waals surface area contributed by atoms with E-state index in [4.69, 9.17) is 9.26 Å². The van der Waals surface area contributed by atoms with E-state index in [0.29, 0.717) is 30.7 Å². The maximum Gasteiger partial charge on any atom is 0.313 e. The van der Waals surface area contributed by atoms with Gasteiger partial charge >= 0.3 is 4.87 Å². The fraction of sp³-hybridized carbons (Fsp3) is 0.421. The molecule has 3 heterocycles. The largest absolute Gasteiger partial charge is 0.372 e. The molecule has 0 radical (unpaired) electrons. The highest BCUT2D eigenvalue weighted by Gasteiger charge is 2.30. The second kappa shape index (κ2) is 8.39. The molecular weight excluding hydrogens is 465 g/mol. The van der Waals surface area contributed by atoms with Crippen LogP contribution in [0.1, 0.15) is 29.1 Å². The van der Waals surface area contributed by atoms with E-state index < -0.39 is 26.6 Å². The standard InChI is InChI=1S/C19H20FN3O7S2/c1-10-5-22(6-11(2)29-10)16-12(8-24)4-14-17(15(16)20)30-21-18(14)23-7-13(31-19(23)25)9-32(26,27)28-3/h4,7-8,10-11H,5-6,9H2,1-3H3/t10-,11-/m1/s1. The minimum atomic E-state index is -3.84. The highest BCUT2D eigenvalue weighted by molar-refractivity contribution is 7.86. The van der Waals surface area contributed by atoms with E-state index in [0.717, 1.165) is 11.7 Å². The summed E-state index contributed by atoms with van der Waals surface area (Å²) >= 11 is 0.685. The smallest absolute Gasteiger partial charge is 0.313 e. The Kier molecular flexibility index (Phi) is 5.92. The number of aromatic nitrogens is 2. The molecule has 0 aliphatic carbocycles. The summed E-state index contributed by atoms with van der Waals surface area (Å²) in [6.07, 6.45) is 1.49. The van der Waals surface area contributed by atoms with Gasteiger partial charge in [0.15, 0.2) is 17.9 Å². The first kappa shape index (κ1) is 22.6. The van der Waals surface area contributed by atoms with E-state index >= 15 is 4.39 Å². The van der Waals surface area contributed by atoms with E-state index in [-0.39, 0.29) is 45.1 Å². The van der Waals surface area contributed by atoms with Gasteiger partial charge in [0.2, 0.25) is 5.58 Å². The Labute approximate surface area is 186 Å². The molecular formula is C19H20FN3O7S2. The van der Waals surface area contributed by atoms with Crippen LogP contribution in [0.3, 0.4) is 0 Å². The number of carbonyl (C=O) groups excluding carboxylic acids is 1. The summed E-state index contributed by atoms with van der Waals surface area (Å²) in [5.41, 5.74) is -0.0514. The van der Waals surface area contributed by atoms with Crippen LogP contribution < -0.4 is 9.77 Å². The minimum absolute atomic E-state index is 0.0421. The third-order valence-electron chi connectivity index (χ3n) is 5.04. The first-order chi connectivity index (χ1) is 15.1. The highest BCUT2D eigenvalue weighted by atomic mass is 32.2. The van der Waals surface area contributed by atoms with Gasteiger partial charge in [-0.3, -0.25) is 18.3 Å². The Morgan fingerprint density at radius 3 is 2.66 bits per heavy atom. The normalized spacial score (nSPS) is 19.6. The summed E-state index contributed by atoms with van der Waals surface area (Å²) in [4.78, 5) is 25.7. The van der Waals surface area contributed by atoms with E-state index in [1.807, 2.05) is 13.8 Å². The molecule has 1 aliphatic heterocycles. The first-order valence-electron chi connectivity index (χ1n) is 9.61. The summed E-state index contributed by atoms with van der Waals surface area (Å²) < 4.78 is 55.2. The summed E-state index contributed by atoms with van der Waals surface area (Å²) in [7, 11) is -2.81. The van der Waals surface area contributed by atoms with Crippen LogP contribution in [0.4, 0.5) is 10.1 Å². The number of hydrogen-bond acceptors (Lipinski definition) is 10. The van der Waals surface area contributed by atoms with Crippen LogP contribution in [0.15, 0.2) is 21.6 Å². The van der Waals surface area contributed by atoms with Gasteiger partial charge in [-0.2, -0.15) is 8.42 Å². The second-order valence-corrected chi connectivity index (χ2v) is 10.3.